The fourth-order valence-corrected chi connectivity index (χ4v) is 3.16. The number of benzene rings is 1. The van der Waals surface area contributed by atoms with Gasteiger partial charge in [-0.05, 0) is 31.0 Å². The summed E-state index contributed by atoms with van der Waals surface area (Å²) in [5, 5.41) is 9.97. The van der Waals surface area contributed by atoms with Crippen molar-refractivity contribution < 1.29 is 4.74 Å². The van der Waals surface area contributed by atoms with E-state index in [4.69, 9.17) is 10.5 Å². The van der Waals surface area contributed by atoms with Crippen molar-refractivity contribution in [1.29, 1.82) is 0 Å². The first-order chi connectivity index (χ1) is 9.11. The molecular weight excluding hydrogens is 260 g/mol. The molecule has 2 N–H and O–H groups in total. The van der Waals surface area contributed by atoms with E-state index in [1.54, 1.807) is 7.11 Å². The van der Waals surface area contributed by atoms with Crippen molar-refractivity contribution in [2.75, 3.05) is 12.8 Å². The average Bonchev–Trinajstić information content (AvgIpc) is 2.92. The summed E-state index contributed by atoms with van der Waals surface area (Å²) in [6.45, 7) is 4.12. The molecular formula is C13H14N4OS. The second-order valence-corrected chi connectivity index (χ2v) is 5.29. The lowest BCUT2D eigenvalue weighted by Crippen LogP contribution is -1.98. The van der Waals surface area contributed by atoms with Gasteiger partial charge in [0.2, 0.25) is 10.9 Å². The van der Waals surface area contributed by atoms with E-state index >= 15 is 0 Å². The smallest absolute Gasteiger partial charge is 0.227 e. The van der Waals surface area contributed by atoms with Gasteiger partial charge in [-0.1, -0.05) is 6.07 Å². The standard InChI is InChI=1S/C13H14N4OS/c1-7-4-8(2)11(10(5-7)18-3)9-6-19-13-16-15-12(14)17(9)13/h4-6H,1-3H3,(H2,14,15). The Balaban J connectivity index is 2.35. The van der Waals surface area contributed by atoms with Crippen LogP contribution >= 0.6 is 11.3 Å². The minimum absolute atomic E-state index is 0.397. The van der Waals surface area contributed by atoms with Gasteiger partial charge in [0.1, 0.15) is 5.75 Å². The minimum Gasteiger partial charge on any atom is -0.496 e. The van der Waals surface area contributed by atoms with E-state index < -0.39 is 0 Å². The predicted molar refractivity (Wildman–Crippen MR) is 76.7 cm³/mol. The third kappa shape index (κ3) is 1.76. The normalized spacial score (nSPS) is 11.1. The number of hydrogen-bond donors (Lipinski definition) is 1. The molecule has 1 aromatic carbocycles. The molecule has 3 rings (SSSR count). The Morgan fingerprint density at radius 2 is 2.05 bits per heavy atom. The summed E-state index contributed by atoms with van der Waals surface area (Å²) in [6, 6.07) is 4.15. The number of methoxy groups -OCH3 is 1. The first-order valence-corrected chi connectivity index (χ1v) is 6.73. The lowest BCUT2D eigenvalue weighted by Gasteiger charge is -2.12. The van der Waals surface area contributed by atoms with Gasteiger partial charge < -0.3 is 10.5 Å². The maximum Gasteiger partial charge on any atom is 0.227 e. The highest BCUT2D eigenvalue weighted by molar-refractivity contribution is 7.15. The highest BCUT2D eigenvalue weighted by Crippen LogP contribution is 2.37. The molecule has 0 fully saturated rings. The maximum absolute atomic E-state index is 5.89. The van der Waals surface area contributed by atoms with E-state index in [-0.39, 0.29) is 0 Å². The molecule has 5 nitrogen and oxygen atoms in total. The summed E-state index contributed by atoms with van der Waals surface area (Å²) >= 11 is 1.52. The highest BCUT2D eigenvalue weighted by Gasteiger charge is 2.17. The van der Waals surface area contributed by atoms with Crippen LogP contribution in [0.4, 0.5) is 5.95 Å². The summed E-state index contributed by atoms with van der Waals surface area (Å²) in [6.07, 6.45) is 0. The van der Waals surface area contributed by atoms with Crippen molar-refractivity contribution in [3.63, 3.8) is 0 Å². The number of rotatable bonds is 2. The fraction of sp³-hybridized carbons (Fsp3) is 0.231. The van der Waals surface area contributed by atoms with Crippen LogP contribution in [0.2, 0.25) is 0 Å². The van der Waals surface area contributed by atoms with Crippen LogP contribution in [0.15, 0.2) is 17.5 Å². The van der Waals surface area contributed by atoms with Gasteiger partial charge in [0.25, 0.3) is 0 Å². The molecule has 0 amide bonds. The third-order valence-corrected chi connectivity index (χ3v) is 3.91. The number of fused-ring (bicyclic) bond motifs is 1. The highest BCUT2D eigenvalue weighted by atomic mass is 32.1. The molecule has 2 aromatic heterocycles. The van der Waals surface area contributed by atoms with Crippen LogP contribution in [0.1, 0.15) is 11.1 Å². The quantitative estimate of drug-likeness (QED) is 0.780. The van der Waals surface area contributed by atoms with Crippen LogP contribution in [-0.4, -0.2) is 21.7 Å². The van der Waals surface area contributed by atoms with Crippen LogP contribution in [0.3, 0.4) is 0 Å². The molecule has 98 valence electrons. The lowest BCUT2D eigenvalue weighted by atomic mass is 10.0. The number of aryl methyl sites for hydroxylation is 2. The Kier molecular flexibility index (Phi) is 2.67. The number of nitrogens with two attached hydrogens (primary N) is 1. The number of thiazole rings is 1. The zero-order chi connectivity index (χ0) is 13.6. The van der Waals surface area contributed by atoms with Crippen molar-refractivity contribution in [3.8, 4) is 17.0 Å². The van der Waals surface area contributed by atoms with Gasteiger partial charge >= 0.3 is 0 Å². The molecule has 0 unspecified atom stereocenters. The molecule has 0 spiro atoms. The molecule has 0 aliphatic heterocycles. The number of nitrogen functional groups attached to an aromatic ring is 1. The molecule has 2 heterocycles. The van der Waals surface area contributed by atoms with E-state index in [2.05, 4.69) is 30.1 Å². The topological polar surface area (TPSA) is 65.4 Å². The van der Waals surface area contributed by atoms with Crippen molar-refractivity contribution in [2.24, 2.45) is 0 Å². The lowest BCUT2D eigenvalue weighted by molar-refractivity contribution is 0.415. The first-order valence-electron chi connectivity index (χ1n) is 5.85. The summed E-state index contributed by atoms with van der Waals surface area (Å²) in [5.41, 5.74) is 10.2. The second-order valence-electron chi connectivity index (χ2n) is 4.46. The number of aromatic nitrogens is 3. The van der Waals surface area contributed by atoms with Gasteiger partial charge in [-0.2, -0.15) is 0 Å². The molecule has 19 heavy (non-hydrogen) atoms. The van der Waals surface area contributed by atoms with E-state index in [0.29, 0.717) is 5.95 Å². The van der Waals surface area contributed by atoms with Crippen molar-refractivity contribution in [1.82, 2.24) is 14.6 Å². The Bertz CT molecular complexity index is 759. The van der Waals surface area contributed by atoms with E-state index in [0.717, 1.165) is 27.5 Å². The van der Waals surface area contributed by atoms with Crippen LogP contribution in [0, 0.1) is 13.8 Å². The monoisotopic (exact) mass is 274 g/mol. The van der Waals surface area contributed by atoms with Gasteiger partial charge in [0.15, 0.2) is 0 Å². The number of hydrogen-bond acceptors (Lipinski definition) is 5. The largest absolute Gasteiger partial charge is 0.496 e. The first kappa shape index (κ1) is 12.0. The van der Waals surface area contributed by atoms with Gasteiger partial charge in [0.05, 0.1) is 12.8 Å². The summed E-state index contributed by atoms with van der Waals surface area (Å²) in [5.74, 6) is 1.23. The van der Waals surface area contributed by atoms with E-state index in [9.17, 15) is 0 Å². The SMILES string of the molecule is COc1cc(C)cc(C)c1-c1csc2nnc(N)n12. The Morgan fingerprint density at radius 3 is 2.79 bits per heavy atom. The van der Waals surface area contributed by atoms with Gasteiger partial charge in [0, 0.05) is 10.9 Å². The molecule has 3 aromatic rings. The zero-order valence-electron chi connectivity index (χ0n) is 11.0. The van der Waals surface area contributed by atoms with Crippen LogP contribution in [0.25, 0.3) is 16.2 Å². The van der Waals surface area contributed by atoms with Crippen molar-refractivity contribution in [2.45, 2.75) is 13.8 Å². The summed E-state index contributed by atoms with van der Waals surface area (Å²) in [7, 11) is 1.68. The van der Waals surface area contributed by atoms with Crippen LogP contribution in [-0.2, 0) is 0 Å². The second kappa shape index (κ2) is 4.24. The van der Waals surface area contributed by atoms with Crippen LogP contribution in [0.5, 0.6) is 5.75 Å². The number of ether oxygens (including phenoxy) is 1. The Morgan fingerprint density at radius 1 is 1.26 bits per heavy atom. The van der Waals surface area contributed by atoms with Crippen LogP contribution < -0.4 is 10.5 Å². The average molecular weight is 274 g/mol. The number of nitrogens with zero attached hydrogens (tertiary/aromatic N) is 3. The zero-order valence-corrected chi connectivity index (χ0v) is 11.8. The molecule has 6 heteroatoms. The molecule has 0 aliphatic rings. The Labute approximate surface area is 114 Å². The summed E-state index contributed by atoms with van der Waals surface area (Å²) in [4.78, 5) is 0.787. The van der Waals surface area contributed by atoms with Gasteiger partial charge in [-0.25, -0.2) is 0 Å². The minimum atomic E-state index is 0.397. The molecule has 0 atom stereocenters. The fourth-order valence-electron chi connectivity index (χ4n) is 2.33. The maximum atomic E-state index is 5.89. The third-order valence-electron chi connectivity index (χ3n) is 3.09. The van der Waals surface area contributed by atoms with E-state index in [1.165, 1.54) is 16.9 Å². The van der Waals surface area contributed by atoms with Crippen molar-refractivity contribution in [3.05, 3.63) is 28.6 Å². The van der Waals surface area contributed by atoms with Crippen molar-refractivity contribution >= 4 is 22.2 Å². The molecule has 0 radical (unpaired) electrons. The molecule has 0 bridgehead atoms. The predicted octanol–water partition coefficient (Wildman–Crippen LogP) is 2.67. The van der Waals surface area contributed by atoms with E-state index in [1.807, 2.05) is 15.8 Å². The molecule has 0 aliphatic carbocycles. The summed E-state index contributed by atoms with van der Waals surface area (Å²) < 4.78 is 7.36. The van der Waals surface area contributed by atoms with Gasteiger partial charge in [-0.3, -0.25) is 4.40 Å². The molecule has 0 saturated heterocycles. The number of anilines is 1. The molecule has 0 saturated carbocycles. The Hall–Kier alpha value is -2.08. The van der Waals surface area contributed by atoms with Gasteiger partial charge in [-0.15, -0.1) is 21.5 Å².